The van der Waals surface area contributed by atoms with Crippen LogP contribution in [0.2, 0.25) is 0 Å². The minimum atomic E-state index is 0.229. The molecule has 4 rings (SSSR count). The quantitative estimate of drug-likeness (QED) is 0.796. The molecule has 0 spiro atoms. The summed E-state index contributed by atoms with van der Waals surface area (Å²) >= 11 is 0. The maximum absolute atomic E-state index is 12.6. The van der Waals surface area contributed by atoms with Gasteiger partial charge >= 0.3 is 0 Å². The van der Waals surface area contributed by atoms with Crippen molar-refractivity contribution in [1.29, 1.82) is 0 Å². The maximum atomic E-state index is 12.6. The molecule has 1 fully saturated rings. The van der Waals surface area contributed by atoms with Gasteiger partial charge in [0.25, 0.3) is 0 Å². The molecular formula is C19H23N5O. The Morgan fingerprint density at radius 2 is 2.16 bits per heavy atom. The molecule has 1 aliphatic rings. The number of likely N-dealkylation sites (tertiary alicyclic amines) is 1. The van der Waals surface area contributed by atoms with Gasteiger partial charge in [0, 0.05) is 25.2 Å². The Morgan fingerprint density at radius 3 is 2.96 bits per heavy atom. The Morgan fingerprint density at radius 1 is 1.32 bits per heavy atom. The number of hydrogen-bond acceptors (Lipinski definition) is 3. The number of fused-ring (bicyclic) bond motifs is 1. The molecule has 0 saturated carbocycles. The highest BCUT2D eigenvalue weighted by molar-refractivity contribution is 5.77. The number of H-pyrrole nitrogens is 1. The molecule has 1 saturated heterocycles. The lowest BCUT2D eigenvalue weighted by Crippen LogP contribution is -2.29. The van der Waals surface area contributed by atoms with Crippen LogP contribution in [0.5, 0.6) is 0 Å². The number of hydrogen-bond donors (Lipinski definition) is 1. The van der Waals surface area contributed by atoms with Gasteiger partial charge in [-0.2, -0.15) is 5.10 Å². The number of imidazole rings is 1. The summed E-state index contributed by atoms with van der Waals surface area (Å²) in [5.74, 6) is 0.229. The van der Waals surface area contributed by atoms with Crippen molar-refractivity contribution in [3.05, 3.63) is 47.5 Å². The molecule has 0 unspecified atom stereocenters. The van der Waals surface area contributed by atoms with Crippen LogP contribution >= 0.6 is 0 Å². The third-order valence-corrected chi connectivity index (χ3v) is 5.26. The zero-order valence-electron chi connectivity index (χ0n) is 14.7. The number of para-hydroxylation sites is 2. The minimum absolute atomic E-state index is 0.229. The molecule has 1 atom stereocenters. The van der Waals surface area contributed by atoms with E-state index in [1.807, 2.05) is 43.3 Å². The molecule has 6 heteroatoms. The predicted octanol–water partition coefficient (Wildman–Crippen LogP) is 2.78. The van der Waals surface area contributed by atoms with Gasteiger partial charge in [-0.1, -0.05) is 12.1 Å². The van der Waals surface area contributed by atoms with Gasteiger partial charge in [-0.05, 0) is 44.4 Å². The molecule has 0 bridgehead atoms. The summed E-state index contributed by atoms with van der Waals surface area (Å²) in [4.78, 5) is 19.1. The van der Waals surface area contributed by atoms with Crippen molar-refractivity contribution in [2.24, 2.45) is 0 Å². The van der Waals surface area contributed by atoms with Crippen LogP contribution < -0.4 is 0 Å². The van der Waals surface area contributed by atoms with E-state index in [9.17, 15) is 4.79 Å². The number of amides is 1. The first-order valence-electron chi connectivity index (χ1n) is 8.83. The van der Waals surface area contributed by atoms with E-state index in [4.69, 9.17) is 0 Å². The standard InChI is InChI=1S/C19H23N5O/c1-13-16(14(2)22-21-13)7-8-19(25)23-10-9-15(11-23)24-12-20-17-5-3-4-6-18(17)24/h3-6,12,15H,7-11H2,1-2H3,(H,21,22)/t15-/m1/s1. The Hall–Kier alpha value is -2.63. The molecule has 1 aromatic carbocycles. The van der Waals surface area contributed by atoms with Crippen LogP contribution in [0.1, 0.15) is 35.8 Å². The van der Waals surface area contributed by atoms with Crippen LogP contribution in [-0.2, 0) is 11.2 Å². The number of carbonyl (C=O) groups excluding carboxylic acids is 1. The van der Waals surface area contributed by atoms with Crippen LogP contribution in [-0.4, -0.2) is 43.6 Å². The van der Waals surface area contributed by atoms with Crippen molar-refractivity contribution in [2.75, 3.05) is 13.1 Å². The number of benzene rings is 1. The van der Waals surface area contributed by atoms with Crippen LogP contribution in [0.25, 0.3) is 11.0 Å². The van der Waals surface area contributed by atoms with E-state index < -0.39 is 0 Å². The summed E-state index contributed by atoms with van der Waals surface area (Å²) in [6.07, 6.45) is 4.18. The van der Waals surface area contributed by atoms with Crippen molar-refractivity contribution in [3.8, 4) is 0 Å². The highest BCUT2D eigenvalue weighted by Gasteiger charge is 2.28. The first kappa shape index (κ1) is 15.9. The minimum Gasteiger partial charge on any atom is -0.341 e. The number of nitrogens with one attached hydrogen (secondary N) is 1. The number of aryl methyl sites for hydroxylation is 2. The number of nitrogens with zero attached hydrogens (tertiary/aromatic N) is 4. The summed E-state index contributed by atoms with van der Waals surface area (Å²) in [6.45, 7) is 5.58. The van der Waals surface area contributed by atoms with Crippen LogP contribution in [0.15, 0.2) is 30.6 Å². The fourth-order valence-corrected chi connectivity index (χ4v) is 3.80. The SMILES string of the molecule is Cc1n[nH]c(C)c1CCC(=O)N1CC[C@@H](n2cnc3ccccc32)C1. The molecule has 2 aromatic heterocycles. The van der Waals surface area contributed by atoms with E-state index in [1.54, 1.807) is 0 Å². The monoisotopic (exact) mass is 337 g/mol. The predicted molar refractivity (Wildman–Crippen MR) is 96.3 cm³/mol. The first-order valence-corrected chi connectivity index (χ1v) is 8.83. The lowest BCUT2D eigenvalue weighted by molar-refractivity contribution is -0.130. The Balaban J connectivity index is 1.41. The fourth-order valence-electron chi connectivity index (χ4n) is 3.80. The van der Waals surface area contributed by atoms with E-state index in [0.29, 0.717) is 12.5 Å². The van der Waals surface area contributed by atoms with Crippen molar-refractivity contribution in [1.82, 2.24) is 24.6 Å². The van der Waals surface area contributed by atoms with E-state index in [1.165, 1.54) is 5.56 Å². The Labute approximate surface area is 146 Å². The first-order chi connectivity index (χ1) is 12.1. The van der Waals surface area contributed by atoms with Crippen LogP contribution in [0.3, 0.4) is 0 Å². The lowest BCUT2D eigenvalue weighted by Gasteiger charge is -2.17. The molecule has 130 valence electrons. The molecule has 3 heterocycles. The summed E-state index contributed by atoms with van der Waals surface area (Å²) in [5, 5.41) is 7.19. The topological polar surface area (TPSA) is 66.8 Å². The average Bonchev–Trinajstić information content (AvgIpc) is 3.32. The van der Waals surface area contributed by atoms with Crippen LogP contribution in [0.4, 0.5) is 0 Å². The van der Waals surface area contributed by atoms with E-state index in [2.05, 4.69) is 25.8 Å². The molecule has 1 aliphatic heterocycles. The molecule has 25 heavy (non-hydrogen) atoms. The van der Waals surface area contributed by atoms with Gasteiger partial charge in [0.05, 0.1) is 29.1 Å². The average molecular weight is 337 g/mol. The lowest BCUT2D eigenvalue weighted by atomic mass is 10.1. The summed E-state index contributed by atoms with van der Waals surface area (Å²) in [5.41, 5.74) is 5.39. The van der Waals surface area contributed by atoms with E-state index in [0.717, 1.165) is 48.4 Å². The van der Waals surface area contributed by atoms with Gasteiger partial charge in [0.1, 0.15) is 0 Å². The number of aromatic amines is 1. The summed E-state index contributed by atoms with van der Waals surface area (Å²) in [6, 6.07) is 8.47. The normalized spacial score (nSPS) is 17.5. The molecule has 1 amide bonds. The van der Waals surface area contributed by atoms with Crippen molar-refractivity contribution < 1.29 is 4.79 Å². The second-order valence-electron chi connectivity index (χ2n) is 6.84. The molecular weight excluding hydrogens is 314 g/mol. The van der Waals surface area contributed by atoms with Crippen molar-refractivity contribution >= 4 is 16.9 Å². The smallest absolute Gasteiger partial charge is 0.222 e. The third kappa shape index (κ3) is 2.92. The zero-order valence-corrected chi connectivity index (χ0v) is 14.7. The number of rotatable bonds is 4. The van der Waals surface area contributed by atoms with Crippen molar-refractivity contribution in [2.45, 2.75) is 39.2 Å². The second-order valence-corrected chi connectivity index (χ2v) is 6.84. The second kappa shape index (κ2) is 6.35. The zero-order chi connectivity index (χ0) is 17.4. The Bertz CT molecular complexity index is 890. The molecule has 6 nitrogen and oxygen atoms in total. The van der Waals surface area contributed by atoms with Gasteiger partial charge in [-0.25, -0.2) is 4.98 Å². The molecule has 3 aromatic rings. The van der Waals surface area contributed by atoms with Gasteiger partial charge in [-0.15, -0.1) is 0 Å². The van der Waals surface area contributed by atoms with E-state index >= 15 is 0 Å². The van der Waals surface area contributed by atoms with Gasteiger partial charge in [0.2, 0.25) is 5.91 Å². The van der Waals surface area contributed by atoms with E-state index in [-0.39, 0.29) is 5.91 Å². The fraction of sp³-hybridized carbons (Fsp3) is 0.421. The van der Waals surface area contributed by atoms with Gasteiger partial charge < -0.3 is 9.47 Å². The molecule has 1 N–H and O–H groups in total. The highest BCUT2D eigenvalue weighted by Crippen LogP contribution is 2.26. The largest absolute Gasteiger partial charge is 0.341 e. The molecule has 0 radical (unpaired) electrons. The maximum Gasteiger partial charge on any atom is 0.222 e. The number of carbonyl (C=O) groups is 1. The highest BCUT2D eigenvalue weighted by atomic mass is 16.2. The summed E-state index contributed by atoms with van der Waals surface area (Å²) in [7, 11) is 0. The number of aromatic nitrogens is 4. The van der Waals surface area contributed by atoms with Gasteiger partial charge in [-0.3, -0.25) is 9.89 Å². The van der Waals surface area contributed by atoms with Gasteiger partial charge in [0.15, 0.2) is 0 Å². The van der Waals surface area contributed by atoms with Crippen LogP contribution in [0, 0.1) is 13.8 Å². The third-order valence-electron chi connectivity index (χ3n) is 5.26. The molecule has 0 aliphatic carbocycles. The summed E-state index contributed by atoms with van der Waals surface area (Å²) < 4.78 is 2.22. The Kier molecular flexibility index (Phi) is 4.03. The van der Waals surface area contributed by atoms with Crippen molar-refractivity contribution in [3.63, 3.8) is 0 Å².